The summed E-state index contributed by atoms with van der Waals surface area (Å²) < 4.78 is 5.96. The monoisotopic (exact) mass is 447 g/mol. The molecule has 0 bridgehead atoms. The molecule has 2 heterocycles. The molecule has 2 fully saturated rings. The number of fused-ring (bicyclic) bond motifs is 1. The lowest BCUT2D eigenvalue weighted by molar-refractivity contribution is -0.165. The molecular formula is C24H21N3O4S. The Morgan fingerprint density at radius 3 is 2.31 bits per heavy atom. The molecule has 2 aliphatic heterocycles. The number of ether oxygens (including phenoxy) is 1. The minimum Gasteiger partial charge on any atom is -0.451 e. The maximum atomic E-state index is 13.3. The van der Waals surface area contributed by atoms with E-state index in [1.807, 2.05) is 60.7 Å². The molecule has 2 amide bonds. The predicted molar refractivity (Wildman–Crippen MR) is 119 cm³/mol. The van der Waals surface area contributed by atoms with Crippen LogP contribution in [-0.4, -0.2) is 45.9 Å². The molecule has 0 aromatic heterocycles. The van der Waals surface area contributed by atoms with E-state index >= 15 is 0 Å². The highest BCUT2D eigenvalue weighted by molar-refractivity contribution is 8.00. The SMILES string of the molecule is C=C1CS[C@H]2[C@H](NC(=O)CC#N)C(=O)N2[C@H]1C(=O)OC(c1ccccc1)c1ccccc1. The number of nitrogens with one attached hydrogen (secondary N) is 1. The summed E-state index contributed by atoms with van der Waals surface area (Å²) in [6, 6.07) is 18.9. The van der Waals surface area contributed by atoms with Crippen LogP contribution < -0.4 is 5.32 Å². The third-order valence-electron chi connectivity index (χ3n) is 5.40. The van der Waals surface area contributed by atoms with Gasteiger partial charge in [-0.15, -0.1) is 11.8 Å². The normalized spacial score (nSPS) is 21.9. The molecule has 7 nitrogen and oxygen atoms in total. The summed E-state index contributed by atoms with van der Waals surface area (Å²) in [7, 11) is 0. The first-order chi connectivity index (χ1) is 15.5. The van der Waals surface area contributed by atoms with Gasteiger partial charge < -0.3 is 15.0 Å². The van der Waals surface area contributed by atoms with Gasteiger partial charge in [0.05, 0.1) is 6.07 Å². The molecule has 1 N–H and O–H groups in total. The number of esters is 1. The van der Waals surface area contributed by atoms with Gasteiger partial charge in [-0.05, 0) is 16.7 Å². The lowest BCUT2D eigenvalue weighted by Crippen LogP contribution is -2.74. The summed E-state index contributed by atoms with van der Waals surface area (Å²) in [6.07, 6.45) is -0.955. The smallest absolute Gasteiger partial charge is 0.334 e. The summed E-state index contributed by atoms with van der Waals surface area (Å²) in [5, 5.41) is 10.9. The van der Waals surface area contributed by atoms with Crippen molar-refractivity contribution in [3.8, 4) is 6.07 Å². The van der Waals surface area contributed by atoms with E-state index < -0.39 is 35.4 Å². The maximum absolute atomic E-state index is 13.3. The highest BCUT2D eigenvalue weighted by Gasteiger charge is 2.56. The number of amides is 2. The Labute approximate surface area is 190 Å². The molecule has 0 unspecified atom stereocenters. The Balaban J connectivity index is 1.55. The molecule has 2 saturated heterocycles. The summed E-state index contributed by atoms with van der Waals surface area (Å²) in [5.74, 6) is -0.997. The number of rotatable bonds is 6. The molecule has 2 aliphatic rings. The van der Waals surface area contributed by atoms with E-state index in [1.54, 1.807) is 6.07 Å². The molecule has 0 aliphatic carbocycles. The van der Waals surface area contributed by atoms with Gasteiger partial charge in [-0.3, -0.25) is 9.59 Å². The fourth-order valence-corrected chi connectivity index (χ4v) is 5.19. The Bertz CT molecular complexity index is 1040. The summed E-state index contributed by atoms with van der Waals surface area (Å²) in [6.45, 7) is 3.99. The number of benzene rings is 2. The van der Waals surface area contributed by atoms with Gasteiger partial charge in [-0.25, -0.2) is 4.79 Å². The van der Waals surface area contributed by atoms with Gasteiger partial charge in [0.2, 0.25) is 11.8 Å². The average Bonchev–Trinajstić information content (AvgIpc) is 2.82. The Kier molecular flexibility index (Phi) is 6.28. The van der Waals surface area contributed by atoms with E-state index in [-0.39, 0.29) is 12.3 Å². The first-order valence-corrected chi connectivity index (χ1v) is 11.1. The van der Waals surface area contributed by atoms with Crippen LogP contribution in [-0.2, 0) is 19.1 Å². The molecule has 3 atom stereocenters. The van der Waals surface area contributed by atoms with Crippen molar-refractivity contribution in [2.45, 2.75) is 30.0 Å². The predicted octanol–water partition coefficient (Wildman–Crippen LogP) is 2.56. The zero-order valence-corrected chi connectivity index (χ0v) is 18.0. The molecule has 162 valence electrons. The molecule has 4 rings (SSSR count). The van der Waals surface area contributed by atoms with Crippen LogP contribution in [0.25, 0.3) is 0 Å². The quantitative estimate of drug-likeness (QED) is 0.415. The van der Waals surface area contributed by atoms with Gasteiger partial charge in [0.15, 0.2) is 12.1 Å². The fourth-order valence-electron chi connectivity index (χ4n) is 3.88. The fraction of sp³-hybridized carbons (Fsp3) is 0.250. The number of thioether (sulfide) groups is 1. The van der Waals surface area contributed by atoms with Crippen molar-refractivity contribution in [2.75, 3.05) is 5.75 Å². The minimum atomic E-state index is -0.923. The van der Waals surface area contributed by atoms with Crippen molar-refractivity contribution >= 4 is 29.5 Å². The van der Waals surface area contributed by atoms with E-state index in [1.165, 1.54) is 16.7 Å². The number of carbonyl (C=O) groups excluding carboxylic acids is 3. The number of carbonyl (C=O) groups is 3. The molecule has 32 heavy (non-hydrogen) atoms. The zero-order chi connectivity index (χ0) is 22.7. The van der Waals surface area contributed by atoms with Crippen molar-refractivity contribution in [2.24, 2.45) is 0 Å². The van der Waals surface area contributed by atoms with Crippen molar-refractivity contribution in [1.29, 1.82) is 5.26 Å². The number of nitrogens with zero attached hydrogens (tertiary/aromatic N) is 2. The molecule has 0 spiro atoms. The Hall–Kier alpha value is -3.57. The highest BCUT2D eigenvalue weighted by atomic mass is 32.2. The third kappa shape index (κ3) is 4.12. The second kappa shape index (κ2) is 9.28. The third-order valence-corrected chi connectivity index (χ3v) is 6.78. The number of hydrogen-bond donors (Lipinski definition) is 1. The van der Waals surface area contributed by atoms with Gasteiger partial charge in [0, 0.05) is 5.75 Å². The molecular weight excluding hydrogens is 426 g/mol. The number of hydrogen-bond acceptors (Lipinski definition) is 6. The zero-order valence-electron chi connectivity index (χ0n) is 17.1. The van der Waals surface area contributed by atoms with E-state index in [9.17, 15) is 14.4 Å². The van der Waals surface area contributed by atoms with Gasteiger partial charge in [0.1, 0.15) is 17.8 Å². The molecule has 0 radical (unpaired) electrons. The summed E-state index contributed by atoms with van der Waals surface area (Å²) in [5.41, 5.74) is 2.21. The van der Waals surface area contributed by atoms with Crippen LogP contribution in [0.1, 0.15) is 23.7 Å². The van der Waals surface area contributed by atoms with Gasteiger partial charge in [-0.2, -0.15) is 5.26 Å². The average molecular weight is 448 g/mol. The molecule has 8 heteroatoms. The van der Waals surface area contributed by atoms with Gasteiger partial charge >= 0.3 is 5.97 Å². The van der Waals surface area contributed by atoms with Crippen molar-refractivity contribution in [1.82, 2.24) is 10.2 Å². The van der Waals surface area contributed by atoms with Crippen molar-refractivity contribution in [3.05, 3.63) is 83.9 Å². The molecule has 2 aromatic rings. The first kappa shape index (κ1) is 21.7. The lowest BCUT2D eigenvalue weighted by Gasteiger charge is -2.52. The largest absolute Gasteiger partial charge is 0.451 e. The van der Waals surface area contributed by atoms with Crippen LogP contribution in [0.3, 0.4) is 0 Å². The van der Waals surface area contributed by atoms with Crippen LogP contribution in [0.4, 0.5) is 0 Å². The standard InChI is InChI=1S/C24H21N3O4S/c1-15-14-32-23-19(26-18(28)12-13-25)22(29)27(23)20(15)24(30)31-21(16-8-4-2-5-9-16)17-10-6-3-7-11-17/h2-11,19-21,23H,1,12,14H2,(H,26,28)/t19-,20-,23+/m1/s1. The minimum absolute atomic E-state index is 0.324. The van der Waals surface area contributed by atoms with Gasteiger partial charge in [0.25, 0.3) is 0 Å². The number of nitriles is 1. The second-order valence-electron chi connectivity index (χ2n) is 7.53. The highest BCUT2D eigenvalue weighted by Crippen LogP contribution is 2.41. The van der Waals surface area contributed by atoms with E-state index in [0.717, 1.165) is 11.1 Å². The van der Waals surface area contributed by atoms with Crippen LogP contribution in [0.15, 0.2) is 72.8 Å². The summed E-state index contributed by atoms with van der Waals surface area (Å²) in [4.78, 5) is 39.3. The topological polar surface area (TPSA) is 99.5 Å². The Morgan fingerprint density at radius 2 is 1.75 bits per heavy atom. The van der Waals surface area contributed by atoms with E-state index in [4.69, 9.17) is 10.00 Å². The maximum Gasteiger partial charge on any atom is 0.334 e. The molecule has 2 aromatic carbocycles. The summed E-state index contributed by atoms with van der Waals surface area (Å²) >= 11 is 1.43. The van der Waals surface area contributed by atoms with Crippen LogP contribution in [0.2, 0.25) is 0 Å². The molecule has 0 saturated carbocycles. The second-order valence-corrected chi connectivity index (χ2v) is 8.63. The lowest BCUT2D eigenvalue weighted by atomic mass is 9.97. The van der Waals surface area contributed by atoms with Crippen LogP contribution in [0, 0.1) is 11.3 Å². The number of β-lactam (4-membered cyclic amide) rings is 1. The first-order valence-electron chi connectivity index (χ1n) is 10.1. The van der Waals surface area contributed by atoms with Crippen molar-refractivity contribution in [3.63, 3.8) is 0 Å². The van der Waals surface area contributed by atoms with Crippen LogP contribution >= 0.6 is 11.8 Å². The Morgan fingerprint density at radius 1 is 1.16 bits per heavy atom. The van der Waals surface area contributed by atoms with Crippen molar-refractivity contribution < 1.29 is 19.1 Å². The van der Waals surface area contributed by atoms with Crippen LogP contribution in [0.5, 0.6) is 0 Å². The van der Waals surface area contributed by atoms with E-state index in [0.29, 0.717) is 11.3 Å². The van der Waals surface area contributed by atoms with E-state index in [2.05, 4.69) is 11.9 Å². The van der Waals surface area contributed by atoms with Gasteiger partial charge in [-0.1, -0.05) is 67.2 Å².